The maximum atomic E-state index is 5.99. The first-order chi connectivity index (χ1) is 5.70. The molecule has 0 aromatic heterocycles. The van der Waals surface area contributed by atoms with Crippen LogP contribution in [0, 0.1) is 3.57 Å². The standard InChI is InChI=1S/C9H9BrIN/c10-6-3-1-5-2-4-7(12)8(5)9(6)11/h1,3,7H,2,4,12H2/t7-/m0/s1. The van der Waals surface area contributed by atoms with E-state index in [1.165, 1.54) is 19.2 Å². The molecule has 64 valence electrons. The van der Waals surface area contributed by atoms with E-state index in [9.17, 15) is 0 Å². The number of benzene rings is 1. The first kappa shape index (κ1) is 8.97. The van der Waals surface area contributed by atoms with Crippen molar-refractivity contribution >= 4 is 38.5 Å². The highest BCUT2D eigenvalue weighted by molar-refractivity contribution is 14.1. The minimum absolute atomic E-state index is 0.254. The van der Waals surface area contributed by atoms with E-state index >= 15 is 0 Å². The predicted octanol–water partition coefficient (Wildman–Crippen LogP) is 3.00. The Morgan fingerprint density at radius 3 is 3.00 bits per heavy atom. The third-order valence-electron chi connectivity index (χ3n) is 2.32. The molecule has 0 saturated heterocycles. The minimum Gasteiger partial charge on any atom is -0.324 e. The summed E-state index contributed by atoms with van der Waals surface area (Å²) >= 11 is 5.87. The van der Waals surface area contributed by atoms with Crippen molar-refractivity contribution in [3.63, 3.8) is 0 Å². The van der Waals surface area contributed by atoms with Crippen LogP contribution in [-0.2, 0) is 6.42 Å². The first-order valence-corrected chi connectivity index (χ1v) is 5.79. The van der Waals surface area contributed by atoms with E-state index in [0.29, 0.717) is 0 Å². The van der Waals surface area contributed by atoms with Gasteiger partial charge in [0.05, 0.1) is 0 Å². The third-order valence-corrected chi connectivity index (χ3v) is 4.88. The fourth-order valence-corrected chi connectivity index (χ4v) is 2.95. The van der Waals surface area contributed by atoms with Crippen LogP contribution in [-0.4, -0.2) is 0 Å². The zero-order valence-electron chi connectivity index (χ0n) is 6.48. The molecule has 0 heterocycles. The van der Waals surface area contributed by atoms with Gasteiger partial charge in [-0.15, -0.1) is 0 Å². The van der Waals surface area contributed by atoms with Gasteiger partial charge in [0.25, 0.3) is 0 Å². The lowest BCUT2D eigenvalue weighted by Crippen LogP contribution is -2.07. The summed E-state index contributed by atoms with van der Waals surface area (Å²) in [6.07, 6.45) is 2.24. The van der Waals surface area contributed by atoms with Crippen LogP contribution in [0.1, 0.15) is 23.6 Å². The second-order valence-corrected chi connectivity index (χ2v) is 5.01. The Hall–Kier alpha value is 0.390. The molecule has 2 N–H and O–H groups in total. The van der Waals surface area contributed by atoms with Gasteiger partial charge in [0.2, 0.25) is 0 Å². The van der Waals surface area contributed by atoms with Gasteiger partial charge in [-0.25, -0.2) is 0 Å². The van der Waals surface area contributed by atoms with E-state index in [-0.39, 0.29) is 6.04 Å². The van der Waals surface area contributed by atoms with Gasteiger partial charge in [0.15, 0.2) is 0 Å². The molecule has 0 aliphatic heterocycles. The van der Waals surface area contributed by atoms with Gasteiger partial charge < -0.3 is 5.73 Å². The Morgan fingerprint density at radius 2 is 2.25 bits per heavy atom. The van der Waals surface area contributed by atoms with Crippen LogP contribution in [0.15, 0.2) is 16.6 Å². The molecule has 0 saturated carbocycles. The van der Waals surface area contributed by atoms with Crippen LogP contribution in [0.25, 0.3) is 0 Å². The van der Waals surface area contributed by atoms with Crippen molar-refractivity contribution in [2.24, 2.45) is 5.73 Å². The molecule has 1 nitrogen and oxygen atoms in total. The quantitative estimate of drug-likeness (QED) is 0.724. The highest BCUT2D eigenvalue weighted by Crippen LogP contribution is 2.36. The zero-order valence-corrected chi connectivity index (χ0v) is 10.2. The SMILES string of the molecule is N[C@H]1CCc2ccc(Br)c(I)c21. The topological polar surface area (TPSA) is 26.0 Å². The smallest absolute Gasteiger partial charge is 0.0323 e. The van der Waals surface area contributed by atoms with Crippen LogP contribution < -0.4 is 5.73 Å². The lowest BCUT2D eigenvalue weighted by atomic mass is 10.1. The summed E-state index contributed by atoms with van der Waals surface area (Å²) in [5, 5.41) is 0. The molecule has 1 aromatic rings. The molecule has 0 bridgehead atoms. The third kappa shape index (κ3) is 1.32. The summed E-state index contributed by atoms with van der Waals surface area (Å²) < 4.78 is 2.45. The Bertz CT molecular complexity index is 325. The summed E-state index contributed by atoms with van der Waals surface area (Å²) in [6.45, 7) is 0. The summed E-state index contributed by atoms with van der Waals surface area (Å²) in [7, 11) is 0. The molecule has 12 heavy (non-hydrogen) atoms. The Labute approximate surface area is 94.0 Å². The number of rotatable bonds is 0. The molecule has 1 aromatic carbocycles. The van der Waals surface area contributed by atoms with E-state index < -0.39 is 0 Å². The fourth-order valence-electron chi connectivity index (χ4n) is 1.68. The molecule has 0 radical (unpaired) electrons. The molecule has 0 fully saturated rings. The zero-order chi connectivity index (χ0) is 8.72. The van der Waals surface area contributed by atoms with Gasteiger partial charge in [-0.05, 0) is 68.6 Å². The lowest BCUT2D eigenvalue weighted by molar-refractivity contribution is 0.711. The van der Waals surface area contributed by atoms with Crippen molar-refractivity contribution in [1.82, 2.24) is 0 Å². The maximum absolute atomic E-state index is 5.99. The Morgan fingerprint density at radius 1 is 1.50 bits per heavy atom. The summed E-state index contributed by atoms with van der Waals surface area (Å²) in [4.78, 5) is 0. The van der Waals surface area contributed by atoms with Crippen LogP contribution in [0.3, 0.4) is 0 Å². The maximum Gasteiger partial charge on any atom is 0.0323 e. The number of fused-ring (bicyclic) bond motifs is 1. The van der Waals surface area contributed by atoms with Crippen molar-refractivity contribution in [1.29, 1.82) is 0 Å². The van der Waals surface area contributed by atoms with Crippen LogP contribution in [0.2, 0.25) is 0 Å². The van der Waals surface area contributed by atoms with Gasteiger partial charge in [0.1, 0.15) is 0 Å². The van der Waals surface area contributed by atoms with Crippen LogP contribution in [0.4, 0.5) is 0 Å². The van der Waals surface area contributed by atoms with E-state index in [4.69, 9.17) is 5.73 Å². The molecule has 1 atom stereocenters. The highest BCUT2D eigenvalue weighted by atomic mass is 127. The average molecular weight is 338 g/mol. The highest BCUT2D eigenvalue weighted by Gasteiger charge is 2.22. The molecule has 1 aliphatic carbocycles. The largest absolute Gasteiger partial charge is 0.324 e. The molecule has 2 rings (SSSR count). The summed E-state index contributed by atoms with van der Waals surface area (Å²) in [5.41, 5.74) is 8.77. The number of nitrogens with two attached hydrogens (primary N) is 1. The van der Waals surface area contributed by atoms with E-state index in [0.717, 1.165) is 12.8 Å². The first-order valence-electron chi connectivity index (χ1n) is 3.92. The molecular formula is C9H9BrIN. The Balaban J connectivity index is 2.63. The minimum atomic E-state index is 0.254. The monoisotopic (exact) mass is 337 g/mol. The van der Waals surface area contributed by atoms with Crippen molar-refractivity contribution in [2.75, 3.05) is 0 Å². The van der Waals surface area contributed by atoms with E-state index in [1.807, 2.05) is 0 Å². The van der Waals surface area contributed by atoms with Gasteiger partial charge in [-0.1, -0.05) is 6.07 Å². The Kier molecular flexibility index (Phi) is 2.44. The number of hydrogen-bond acceptors (Lipinski definition) is 1. The van der Waals surface area contributed by atoms with Gasteiger partial charge >= 0.3 is 0 Å². The molecule has 1 aliphatic rings. The second kappa shape index (κ2) is 3.27. The number of aryl methyl sites for hydroxylation is 1. The summed E-state index contributed by atoms with van der Waals surface area (Å²) in [6, 6.07) is 4.54. The lowest BCUT2D eigenvalue weighted by Gasteiger charge is -2.08. The van der Waals surface area contributed by atoms with E-state index in [2.05, 4.69) is 50.7 Å². The average Bonchev–Trinajstić information content (AvgIpc) is 2.41. The van der Waals surface area contributed by atoms with Crippen LogP contribution in [0.5, 0.6) is 0 Å². The van der Waals surface area contributed by atoms with Crippen LogP contribution >= 0.6 is 38.5 Å². The van der Waals surface area contributed by atoms with Crippen molar-refractivity contribution < 1.29 is 0 Å². The van der Waals surface area contributed by atoms with E-state index in [1.54, 1.807) is 0 Å². The fraction of sp³-hybridized carbons (Fsp3) is 0.333. The molecule has 0 spiro atoms. The van der Waals surface area contributed by atoms with Crippen molar-refractivity contribution in [2.45, 2.75) is 18.9 Å². The molecular weight excluding hydrogens is 329 g/mol. The van der Waals surface area contributed by atoms with Gasteiger partial charge in [-0.2, -0.15) is 0 Å². The number of hydrogen-bond donors (Lipinski definition) is 1. The normalized spacial score (nSPS) is 21.1. The number of halogens is 2. The molecule has 0 unspecified atom stereocenters. The summed E-state index contributed by atoms with van der Waals surface area (Å²) in [5.74, 6) is 0. The predicted molar refractivity (Wildman–Crippen MR) is 62.1 cm³/mol. The van der Waals surface area contributed by atoms with Crippen molar-refractivity contribution in [3.05, 3.63) is 31.3 Å². The van der Waals surface area contributed by atoms with Crippen molar-refractivity contribution in [3.8, 4) is 0 Å². The van der Waals surface area contributed by atoms with Gasteiger partial charge in [0, 0.05) is 14.1 Å². The molecule has 3 heteroatoms. The molecule has 0 amide bonds. The second-order valence-electron chi connectivity index (χ2n) is 3.08. The van der Waals surface area contributed by atoms with Gasteiger partial charge in [-0.3, -0.25) is 0 Å².